The average molecular weight is 261 g/mol. The number of nitrogens with zero attached hydrogens (tertiary/aromatic N) is 1. The Labute approximate surface area is 113 Å². The summed E-state index contributed by atoms with van der Waals surface area (Å²) in [6, 6.07) is 8.08. The van der Waals surface area contributed by atoms with E-state index in [9.17, 15) is 9.59 Å². The Balaban J connectivity index is 1.96. The van der Waals surface area contributed by atoms with Gasteiger partial charge in [0.15, 0.2) is 0 Å². The zero-order valence-corrected chi connectivity index (χ0v) is 11.1. The zero-order chi connectivity index (χ0) is 13.8. The van der Waals surface area contributed by atoms with E-state index in [2.05, 4.69) is 6.07 Å². The van der Waals surface area contributed by atoms with Crippen LogP contribution in [0, 0.1) is 12.8 Å². The van der Waals surface area contributed by atoms with Gasteiger partial charge in [-0.05, 0) is 30.9 Å². The maximum Gasteiger partial charge on any atom is 0.308 e. The van der Waals surface area contributed by atoms with Gasteiger partial charge in [0.2, 0.25) is 5.91 Å². The Morgan fingerprint density at radius 1 is 1.42 bits per heavy atom. The number of piperidine rings is 1. The van der Waals surface area contributed by atoms with Gasteiger partial charge in [-0.15, -0.1) is 0 Å². The minimum Gasteiger partial charge on any atom is -0.481 e. The van der Waals surface area contributed by atoms with Gasteiger partial charge in [-0.3, -0.25) is 9.59 Å². The molecule has 1 amide bonds. The molecule has 0 bridgehead atoms. The van der Waals surface area contributed by atoms with Gasteiger partial charge in [0, 0.05) is 19.5 Å². The molecule has 0 spiro atoms. The summed E-state index contributed by atoms with van der Waals surface area (Å²) in [5.74, 6) is -1.13. The fraction of sp³-hybridized carbons (Fsp3) is 0.467. The van der Waals surface area contributed by atoms with E-state index < -0.39 is 11.9 Å². The maximum absolute atomic E-state index is 11.8. The molecule has 0 radical (unpaired) electrons. The van der Waals surface area contributed by atoms with E-state index >= 15 is 0 Å². The summed E-state index contributed by atoms with van der Waals surface area (Å²) in [5.41, 5.74) is 2.43. The van der Waals surface area contributed by atoms with Crippen LogP contribution in [0.25, 0.3) is 0 Å². The van der Waals surface area contributed by atoms with E-state index in [0.717, 1.165) is 6.42 Å². The summed E-state index contributed by atoms with van der Waals surface area (Å²) in [6.45, 7) is 3.00. The highest BCUT2D eigenvalue weighted by molar-refractivity contribution is 5.80. The van der Waals surface area contributed by atoms with Gasteiger partial charge in [0.1, 0.15) is 0 Å². The molecule has 2 rings (SSSR count). The number of amides is 1. The molecule has 19 heavy (non-hydrogen) atoms. The first-order valence-corrected chi connectivity index (χ1v) is 6.63. The molecular weight excluding hydrogens is 242 g/mol. The number of aliphatic carboxylic acids is 1. The van der Waals surface area contributed by atoms with Crippen LogP contribution in [0.5, 0.6) is 0 Å². The summed E-state index contributed by atoms with van der Waals surface area (Å²) in [7, 11) is 0. The lowest BCUT2D eigenvalue weighted by atomic mass is 9.97. The average Bonchev–Trinajstić information content (AvgIpc) is 2.39. The second-order valence-electron chi connectivity index (χ2n) is 5.09. The van der Waals surface area contributed by atoms with Crippen LogP contribution in [0.4, 0.5) is 0 Å². The minimum atomic E-state index is -0.798. The van der Waals surface area contributed by atoms with Gasteiger partial charge in [0.25, 0.3) is 0 Å². The molecule has 1 aromatic rings. The van der Waals surface area contributed by atoms with Crippen LogP contribution in [-0.2, 0) is 16.0 Å². The van der Waals surface area contributed by atoms with Crippen molar-refractivity contribution < 1.29 is 14.7 Å². The van der Waals surface area contributed by atoms with E-state index in [1.807, 2.05) is 25.1 Å². The first-order chi connectivity index (χ1) is 9.08. The molecule has 1 unspecified atom stereocenters. The molecule has 1 N–H and O–H groups in total. The van der Waals surface area contributed by atoms with Crippen molar-refractivity contribution in [3.05, 3.63) is 35.4 Å². The van der Waals surface area contributed by atoms with Crippen molar-refractivity contribution in [2.24, 2.45) is 5.92 Å². The van der Waals surface area contributed by atoms with E-state index in [-0.39, 0.29) is 5.91 Å². The highest BCUT2D eigenvalue weighted by Crippen LogP contribution is 2.18. The number of hydrogen-bond acceptors (Lipinski definition) is 2. The first-order valence-electron chi connectivity index (χ1n) is 6.63. The smallest absolute Gasteiger partial charge is 0.308 e. The molecule has 4 heteroatoms. The zero-order valence-electron chi connectivity index (χ0n) is 11.1. The monoisotopic (exact) mass is 261 g/mol. The predicted octanol–water partition coefficient (Wildman–Crippen LogP) is 1.86. The van der Waals surface area contributed by atoms with Gasteiger partial charge in [-0.2, -0.15) is 0 Å². The summed E-state index contributed by atoms with van der Waals surface area (Å²) in [4.78, 5) is 24.5. The van der Waals surface area contributed by atoms with Gasteiger partial charge >= 0.3 is 5.97 Å². The lowest BCUT2D eigenvalue weighted by Gasteiger charge is -2.30. The second-order valence-corrected chi connectivity index (χ2v) is 5.09. The molecule has 1 fully saturated rings. The van der Waals surface area contributed by atoms with Crippen molar-refractivity contribution in [1.29, 1.82) is 0 Å². The maximum atomic E-state index is 11.8. The Morgan fingerprint density at radius 3 is 2.84 bits per heavy atom. The van der Waals surface area contributed by atoms with Crippen molar-refractivity contribution in [1.82, 2.24) is 4.90 Å². The van der Waals surface area contributed by atoms with E-state index in [1.54, 1.807) is 4.90 Å². The number of likely N-dealkylation sites (tertiary alicyclic amines) is 1. The fourth-order valence-corrected chi connectivity index (χ4v) is 2.48. The van der Waals surface area contributed by atoms with Crippen molar-refractivity contribution in [2.75, 3.05) is 13.1 Å². The molecular formula is C15H19NO3. The number of carbonyl (C=O) groups excluding carboxylic acids is 1. The molecule has 102 valence electrons. The third-order valence-corrected chi connectivity index (χ3v) is 3.76. The van der Waals surface area contributed by atoms with Gasteiger partial charge < -0.3 is 10.0 Å². The van der Waals surface area contributed by atoms with Crippen LogP contribution < -0.4 is 0 Å². The summed E-state index contributed by atoms with van der Waals surface area (Å²) >= 11 is 0. The fourth-order valence-electron chi connectivity index (χ4n) is 2.48. The molecule has 1 aliphatic heterocycles. The second kappa shape index (κ2) is 5.87. The predicted molar refractivity (Wildman–Crippen MR) is 71.8 cm³/mol. The number of rotatable bonds is 4. The van der Waals surface area contributed by atoms with Gasteiger partial charge in [-0.25, -0.2) is 0 Å². The normalized spacial score (nSPS) is 19.5. The summed E-state index contributed by atoms with van der Waals surface area (Å²) < 4.78 is 0. The summed E-state index contributed by atoms with van der Waals surface area (Å²) in [6.07, 6.45) is 1.60. The van der Waals surface area contributed by atoms with Crippen LogP contribution in [0.1, 0.15) is 24.0 Å². The highest BCUT2D eigenvalue weighted by Gasteiger charge is 2.29. The van der Waals surface area contributed by atoms with Crippen LogP contribution in [0.2, 0.25) is 0 Å². The summed E-state index contributed by atoms with van der Waals surface area (Å²) in [5, 5.41) is 9.03. The Hall–Kier alpha value is -1.84. The van der Waals surface area contributed by atoms with E-state index in [4.69, 9.17) is 5.11 Å². The van der Waals surface area contributed by atoms with Crippen molar-refractivity contribution in [2.45, 2.75) is 26.2 Å². The third-order valence-electron chi connectivity index (χ3n) is 3.76. The van der Waals surface area contributed by atoms with Crippen LogP contribution in [0.15, 0.2) is 24.3 Å². The topological polar surface area (TPSA) is 57.6 Å². The van der Waals surface area contributed by atoms with E-state index in [1.165, 1.54) is 11.1 Å². The molecule has 1 atom stereocenters. The van der Waals surface area contributed by atoms with Crippen molar-refractivity contribution >= 4 is 11.9 Å². The molecule has 1 aromatic carbocycles. The number of carboxylic acids is 1. The SMILES string of the molecule is Cc1ccccc1CCN1CC(C(=O)O)CCC1=O. The quantitative estimate of drug-likeness (QED) is 0.900. The van der Waals surface area contributed by atoms with Gasteiger partial charge in [0.05, 0.1) is 5.92 Å². The molecule has 0 aromatic heterocycles. The van der Waals surface area contributed by atoms with Crippen molar-refractivity contribution in [3.8, 4) is 0 Å². The van der Waals surface area contributed by atoms with Crippen LogP contribution >= 0.6 is 0 Å². The number of benzene rings is 1. The van der Waals surface area contributed by atoms with Gasteiger partial charge in [-0.1, -0.05) is 24.3 Å². The number of hydrogen-bond donors (Lipinski definition) is 1. The third kappa shape index (κ3) is 3.34. The Bertz CT molecular complexity index is 484. The van der Waals surface area contributed by atoms with Crippen molar-refractivity contribution in [3.63, 3.8) is 0 Å². The largest absolute Gasteiger partial charge is 0.481 e. The standard InChI is InChI=1S/C15H19NO3/c1-11-4-2-3-5-12(11)8-9-16-10-13(15(18)19)6-7-14(16)17/h2-5,13H,6-10H2,1H3,(H,18,19). The van der Waals surface area contributed by atoms with E-state index in [0.29, 0.717) is 25.9 Å². The number of carboxylic acid groups (broad SMARTS) is 1. The number of aryl methyl sites for hydroxylation is 1. The molecule has 1 aliphatic rings. The molecule has 1 heterocycles. The highest BCUT2D eigenvalue weighted by atomic mass is 16.4. The molecule has 0 aliphatic carbocycles. The molecule has 4 nitrogen and oxygen atoms in total. The molecule has 1 saturated heterocycles. The Kier molecular flexibility index (Phi) is 4.20. The first kappa shape index (κ1) is 13.6. The number of carbonyl (C=O) groups is 2. The van der Waals surface area contributed by atoms with Crippen LogP contribution in [-0.4, -0.2) is 35.0 Å². The van der Waals surface area contributed by atoms with Crippen LogP contribution in [0.3, 0.4) is 0 Å². The Morgan fingerprint density at radius 2 is 2.16 bits per heavy atom. The molecule has 0 saturated carbocycles. The lowest BCUT2D eigenvalue weighted by molar-refractivity contribution is -0.147. The minimum absolute atomic E-state index is 0.0751. The lowest BCUT2D eigenvalue weighted by Crippen LogP contribution is -2.43.